The van der Waals surface area contributed by atoms with Crippen LogP contribution in [0.5, 0.6) is 0 Å². The van der Waals surface area contributed by atoms with Crippen LogP contribution in [0.1, 0.15) is 62.5 Å². The van der Waals surface area contributed by atoms with Crippen molar-refractivity contribution in [1.82, 2.24) is 0 Å². The third-order valence-electron chi connectivity index (χ3n) is 4.12. The van der Waals surface area contributed by atoms with Gasteiger partial charge in [-0.25, -0.2) is 0 Å². The molecule has 0 unspecified atom stereocenters. The highest BCUT2D eigenvalue weighted by Gasteiger charge is 2.11. The molecule has 0 radical (unpaired) electrons. The van der Waals surface area contributed by atoms with Crippen molar-refractivity contribution in [2.45, 2.75) is 58.3 Å². The lowest BCUT2D eigenvalue weighted by molar-refractivity contribution is -0.118. The van der Waals surface area contributed by atoms with Crippen molar-refractivity contribution in [3.63, 3.8) is 0 Å². The number of carbonyl (C=O) groups is 1. The number of allylic oxidation sites excluding steroid dienone is 2. The lowest BCUT2D eigenvalue weighted by Gasteiger charge is -2.15. The first kappa shape index (κ1) is 14.0. The Bertz CT molecular complexity index is 453. The molecule has 0 aliphatic heterocycles. The van der Waals surface area contributed by atoms with Crippen molar-refractivity contribution >= 4 is 5.78 Å². The average molecular weight is 256 g/mol. The number of aryl methyl sites for hydroxylation is 1. The van der Waals surface area contributed by atoms with Crippen molar-refractivity contribution in [2.75, 3.05) is 0 Å². The van der Waals surface area contributed by atoms with Crippen molar-refractivity contribution in [2.24, 2.45) is 0 Å². The van der Waals surface area contributed by atoms with Gasteiger partial charge in [-0.3, -0.25) is 4.79 Å². The van der Waals surface area contributed by atoms with Gasteiger partial charge in [-0.1, -0.05) is 48.4 Å². The van der Waals surface area contributed by atoms with Gasteiger partial charge >= 0.3 is 0 Å². The molecule has 1 aromatic rings. The molecule has 0 saturated carbocycles. The molecule has 0 fully saturated rings. The summed E-state index contributed by atoms with van der Waals surface area (Å²) in [7, 11) is 0. The number of hydrogen-bond donors (Lipinski definition) is 0. The maximum atomic E-state index is 11.2. The summed E-state index contributed by atoms with van der Waals surface area (Å²) in [6, 6.07) is 8.89. The molecular formula is C18H24O. The molecule has 0 saturated heterocycles. The van der Waals surface area contributed by atoms with Crippen LogP contribution in [0.3, 0.4) is 0 Å². The molecule has 0 N–H and O–H groups in total. The number of ketones is 1. The number of hydrogen-bond acceptors (Lipinski definition) is 1. The van der Waals surface area contributed by atoms with Gasteiger partial charge in [0.05, 0.1) is 0 Å². The zero-order valence-electron chi connectivity index (χ0n) is 12.1. The van der Waals surface area contributed by atoms with E-state index >= 15 is 0 Å². The largest absolute Gasteiger partial charge is 0.299 e. The summed E-state index contributed by atoms with van der Waals surface area (Å²) in [6.45, 7) is 4.44. The number of benzene rings is 1. The van der Waals surface area contributed by atoms with E-state index in [0.717, 1.165) is 12.8 Å². The zero-order chi connectivity index (χ0) is 13.7. The Morgan fingerprint density at radius 3 is 2.53 bits per heavy atom. The summed E-state index contributed by atoms with van der Waals surface area (Å²) in [5.41, 5.74) is 4.27. The summed E-state index contributed by atoms with van der Waals surface area (Å²) < 4.78 is 0. The molecular weight excluding hydrogens is 232 g/mol. The monoisotopic (exact) mass is 256 g/mol. The van der Waals surface area contributed by atoms with Crippen LogP contribution in [0.2, 0.25) is 0 Å². The van der Waals surface area contributed by atoms with E-state index < -0.39 is 0 Å². The normalized spacial score (nSPS) is 17.2. The molecule has 0 bridgehead atoms. The molecule has 0 spiro atoms. The highest BCUT2D eigenvalue weighted by Crippen LogP contribution is 2.25. The van der Waals surface area contributed by atoms with Gasteiger partial charge in [0.1, 0.15) is 5.78 Å². The molecule has 1 aromatic carbocycles. The molecule has 1 nitrogen and oxygen atoms in total. The molecule has 1 aliphatic carbocycles. The van der Waals surface area contributed by atoms with Crippen molar-refractivity contribution in [3.05, 3.63) is 47.0 Å². The minimum absolute atomic E-state index is 0.400. The second-order valence-corrected chi connectivity index (χ2v) is 5.81. The molecule has 1 aliphatic rings. The van der Waals surface area contributed by atoms with Gasteiger partial charge in [-0.05, 0) is 44.1 Å². The molecule has 0 aromatic heterocycles. The first-order valence-electron chi connectivity index (χ1n) is 7.41. The molecule has 0 heterocycles. The van der Waals surface area contributed by atoms with Gasteiger partial charge in [-0.15, -0.1) is 0 Å². The van der Waals surface area contributed by atoms with Crippen LogP contribution in [0, 0.1) is 6.92 Å². The van der Waals surface area contributed by atoms with E-state index in [4.69, 9.17) is 0 Å². The van der Waals surface area contributed by atoms with Crippen molar-refractivity contribution < 1.29 is 4.79 Å². The van der Waals surface area contributed by atoms with Gasteiger partial charge in [0, 0.05) is 12.8 Å². The van der Waals surface area contributed by atoms with Crippen LogP contribution in [-0.4, -0.2) is 5.78 Å². The van der Waals surface area contributed by atoms with Crippen LogP contribution in [0.25, 0.3) is 0 Å². The van der Waals surface area contributed by atoms with E-state index in [1.54, 1.807) is 0 Å². The van der Waals surface area contributed by atoms with Crippen LogP contribution >= 0.6 is 0 Å². The minimum atomic E-state index is 0.400. The zero-order valence-corrected chi connectivity index (χ0v) is 12.1. The third-order valence-corrected chi connectivity index (χ3v) is 4.12. The van der Waals surface area contributed by atoms with Crippen LogP contribution in [-0.2, 0) is 4.79 Å². The third kappa shape index (κ3) is 4.34. The standard InChI is InChI=1S/C18H24O/c1-14-6-10-17(11-7-14)15(2)4-3-5-16-8-12-18(19)13-9-16/h6-8,10-11,15H,3-5,9,12-13H2,1-2H3/t15-/m0/s1. The fourth-order valence-corrected chi connectivity index (χ4v) is 2.69. The summed E-state index contributed by atoms with van der Waals surface area (Å²) in [6.07, 6.45) is 8.22. The summed E-state index contributed by atoms with van der Waals surface area (Å²) in [5.74, 6) is 1.03. The summed E-state index contributed by atoms with van der Waals surface area (Å²) >= 11 is 0. The maximum Gasteiger partial charge on any atom is 0.136 e. The highest BCUT2D eigenvalue weighted by atomic mass is 16.1. The van der Waals surface area contributed by atoms with Gasteiger partial charge in [0.25, 0.3) is 0 Å². The average Bonchev–Trinajstić information content (AvgIpc) is 2.41. The highest BCUT2D eigenvalue weighted by molar-refractivity contribution is 5.81. The van der Waals surface area contributed by atoms with Crippen LogP contribution in [0.4, 0.5) is 0 Å². The summed E-state index contributed by atoms with van der Waals surface area (Å²) in [5, 5.41) is 0. The second-order valence-electron chi connectivity index (χ2n) is 5.81. The fraction of sp³-hybridized carbons (Fsp3) is 0.500. The molecule has 1 heteroatoms. The number of Topliss-reactive ketones (excluding diaryl/α,β-unsaturated/α-hetero) is 1. The molecule has 1 atom stereocenters. The molecule has 2 rings (SSSR count). The molecule has 102 valence electrons. The molecule has 0 amide bonds. The summed E-state index contributed by atoms with van der Waals surface area (Å²) in [4.78, 5) is 11.2. The van der Waals surface area contributed by atoms with Crippen LogP contribution < -0.4 is 0 Å². The predicted molar refractivity (Wildman–Crippen MR) is 80.4 cm³/mol. The first-order valence-corrected chi connectivity index (χ1v) is 7.41. The van der Waals surface area contributed by atoms with Gasteiger partial charge < -0.3 is 0 Å². The quantitative estimate of drug-likeness (QED) is 0.681. The minimum Gasteiger partial charge on any atom is -0.299 e. The Kier molecular flexibility index (Phi) is 4.95. The van der Waals surface area contributed by atoms with Gasteiger partial charge in [0.2, 0.25) is 0 Å². The van der Waals surface area contributed by atoms with E-state index in [2.05, 4.69) is 44.2 Å². The van der Waals surface area contributed by atoms with E-state index in [1.807, 2.05) is 0 Å². The van der Waals surface area contributed by atoms with E-state index in [1.165, 1.54) is 36.0 Å². The number of carbonyl (C=O) groups excluding carboxylic acids is 1. The topological polar surface area (TPSA) is 17.1 Å². The Balaban J connectivity index is 1.76. The Morgan fingerprint density at radius 1 is 1.16 bits per heavy atom. The maximum absolute atomic E-state index is 11.2. The Labute approximate surface area is 116 Å². The lowest BCUT2D eigenvalue weighted by atomic mass is 9.90. The predicted octanol–water partition coefficient (Wildman–Crippen LogP) is 4.95. The van der Waals surface area contributed by atoms with E-state index in [9.17, 15) is 4.79 Å². The van der Waals surface area contributed by atoms with E-state index in [-0.39, 0.29) is 0 Å². The SMILES string of the molecule is Cc1ccc([C@@H](C)CCCC2=CCC(=O)CC2)cc1. The van der Waals surface area contributed by atoms with Gasteiger partial charge in [-0.2, -0.15) is 0 Å². The lowest BCUT2D eigenvalue weighted by Crippen LogP contribution is -2.04. The fourth-order valence-electron chi connectivity index (χ4n) is 2.69. The van der Waals surface area contributed by atoms with Crippen molar-refractivity contribution in [3.8, 4) is 0 Å². The second kappa shape index (κ2) is 6.70. The first-order chi connectivity index (χ1) is 9.15. The van der Waals surface area contributed by atoms with E-state index in [0.29, 0.717) is 18.1 Å². The smallest absolute Gasteiger partial charge is 0.136 e. The Hall–Kier alpha value is -1.37. The van der Waals surface area contributed by atoms with Crippen molar-refractivity contribution in [1.29, 1.82) is 0 Å². The van der Waals surface area contributed by atoms with Gasteiger partial charge in [0.15, 0.2) is 0 Å². The molecule has 19 heavy (non-hydrogen) atoms. The Morgan fingerprint density at radius 2 is 1.89 bits per heavy atom. The van der Waals surface area contributed by atoms with Crippen LogP contribution in [0.15, 0.2) is 35.9 Å². The number of rotatable bonds is 5.